The highest BCUT2D eigenvalue weighted by molar-refractivity contribution is 5.55. The summed E-state index contributed by atoms with van der Waals surface area (Å²) < 4.78 is 5.38. The van der Waals surface area contributed by atoms with Crippen LogP contribution >= 0.6 is 0 Å². The maximum atomic E-state index is 5.38. The molecule has 134 valence electrons. The van der Waals surface area contributed by atoms with Crippen LogP contribution in [0.25, 0.3) is 0 Å². The van der Waals surface area contributed by atoms with E-state index in [9.17, 15) is 0 Å². The Morgan fingerprint density at radius 3 is 2.50 bits per heavy atom. The van der Waals surface area contributed by atoms with Crippen LogP contribution < -0.4 is 15.4 Å². The Morgan fingerprint density at radius 1 is 1.00 bits per heavy atom. The molecular weight excluding hydrogens is 324 g/mol. The maximum absolute atomic E-state index is 5.38. The molecule has 0 saturated heterocycles. The quantitative estimate of drug-likeness (QED) is 0.632. The Morgan fingerprint density at radius 2 is 1.77 bits per heavy atom. The molecule has 5 nitrogen and oxygen atoms in total. The fourth-order valence-electron chi connectivity index (χ4n) is 2.63. The topological polar surface area (TPSA) is 59.1 Å². The standard InChI is InChI=1S/C21H24N4O/c1-15(2)16-8-10-18(11-9-16)24-21-22-13-12-20(25-21)23-14-17-6-4-5-7-19(17)26-3/h4-13,15H,14H2,1-3H3,(H2,22,23,24,25). The normalized spacial score (nSPS) is 10.6. The molecule has 0 aliphatic rings. The highest BCUT2D eigenvalue weighted by atomic mass is 16.5. The molecule has 0 bridgehead atoms. The van der Waals surface area contributed by atoms with Gasteiger partial charge in [0.2, 0.25) is 5.95 Å². The fraction of sp³-hybridized carbons (Fsp3) is 0.238. The van der Waals surface area contributed by atoms with Crippen LogP contribution in [0.2, 0.25) is 0 Å². The smallest absolute Gasteiger partial charge is 0.229 e. The number of hydrogen-bond donors (Lipinski definition) is 2. The molecule has 0 aliphatic heterocycles. The highest BCUT2D eigenvalue weighted by Crippen LogP contribution is 2.21. The first-order chi connectivity index (χ1) is 12.7. The molecule has 0 unspecified atom stereocenters. The van der Waals surface area contributed by atoms with E-state index in [4.69, 9.17) is 4.74 Å². The van der Waals surface area contributed by atoms with Crippen LogP contribution in [0.3, 0.4) is 0 Å². The number of rotatable bonds is 7. The minimum absolute atomic E-state index is 0.516. The lowest BCUT2D eigenvalue weighted by Crippen LogP contribution is -2.05. The molecule has 0 fully saturated rings. The number of aromatic nitrogens is 2. The van der Waals surface area contributed by atoms with Crippen molar-refractivity contribution in [3.8, 4) is 5.75 Å². The van der Waals surface area contributed by atoms with Gasteiger partial charge < -0.3 is 15.4 Å². The van der Waals surface area contributed by atoms with Gasteiger partial charge in [0.1, 0.15) is 11.6 Å². The predicted octanol–water partition coefficient (Wildman–Crippen LogP) is 4.96. The summed E-state index contributed by atoms with van der Waals surface area (Å²) in [7, 11) is 1.68. The number of benzene rings is 2. The second-order valence-electron chi connectivity index (χ2n) is 6.33. The summed E-state index contributed by atoms with van der Waals surface area (Å²) in [5.41, 5.74) is 3.35. The second-order valence-corrected chi connectivity index (χ2v) is 6.33. The summed E-state index contributed by atoms with van der Waals surface area (Å²) in [6.07, 6.45) is 1.74. The lowest BCUT2D eigenvalue weighted by Gasteiger charge is -2.11. The number of nitrogens with one attached hydrogen (secondary N) is 2. The SMILES string of the molecule is COc1ccccc1CNc1ccnc(Nc2ccc(C(C)C)cc2)n1. The van der Waals surface area contributed by atoms with E-state index in [1.54, 1.807) is 13.3 Å². The van der Waals surface area contributed by atoms with Crippen LogP contribution in [0.4, 0.5) is 17.5 Å². The van der Waals surface area contributed by atoms with E-state index in [-0.39, 0.29) is 0 Å². The van der Waals surface area contributed by atoms with E-state index in [0.29, 0.717) is 18.4 Å². The average molecular weight is 348 g/mol. The number of anilines is 3. The number of nitrogens with zero attached hydrogens (tertiary/aromatic N) is 2. The van der Waals surface area contributed by atoms with Gasteiger partial charge in [-0.1, -0.05) is 44.2 Å². The van der Waals surface area contributed by atoms with Crippen molar-refractivity contribution in [2.24, 2.45) is 0 Å². The Labute approximate surface area is 154 Å². The molecule has 0 radical (unpaired) electrons. The Balaban J connectivity index is 1.66. The van der Waals surface area contributed by atoms with Gasteiger partial charge in [0, 0.05) is 24.0 Å². The highest BCUT2D eigenvalue weighted by Gasteiger charge is 2.04. The Hall–Kier alpha value is -3.08. The van der Waals surface area contributed by atoms with Crippen molar-refractivity contribution in [2.75, 3.05) is 17.7 Å². The van der Waals surface area contributed by atoms with Crippen molar-refractivity contribution < 1.29 is 4.74 Å². The van der Waals surface area contributed by atoms with Crippen LogP contribution in [-0.4, -0.2) is 17.1 Å². The van der Waals surface area contributed by atoms with E-state index >= 15 is 0 Å². The van der Waals surface area contributed by atoms with E-state index in [2.05, 4.69) is 46.6 Å². The van der Waals surface area contributed by atoms with Crippen molar-refractivity contribution in [1.29, 1.82) is 0 Å². The molecule has 26 heavy (non-hydrogen) atoms. The molecule has 2 N–H and O–H groups in total. The Kier molecular flexibility index (Phi) is 5.69. The molecule has 0 saturated carbocycles. The summed E-state index contributed by atoms with van der Waals surface area (Å²) in [5.74, 6) is 2.69. The lowest BCUT2D eigenvalue weighted by atomic mass is 10.0. The van der Waals surface area contributed by atoms with Crippen LogP contribution in [0.15, 0.2) is 60.8 Å². The molecule has 0 spiro atoms. The van der Waals surface area contributed by atoms with E-state index in [1.165, 1.54) is 5.56 Å². The number of para-hydroxylation sites is 1. The third-order valence-electron chi connectivity index (χ3n) is 4.14. The zero-order valence-corrected chi connectivity index (χ0v) is 15.4. The van der Waals surface area contributed by atoms with Crippen LogP contribution in [0.1, 0.15) is 30.9 Å². The lowest BCUT2D eigenvalue weighted by molar-refractivity contribution is 0.410. The van der Waals surface area contributed by atoms with Crippen molar-refractivity contribution in [1.82, 2.24) is 9.97 Å². The minimum atomic E-state index is 0.516. The summed E-state index contributed by atoms with van der Waals surface area (Å²) >= 11 is 0. The molecule has 0 aliphatic carbocycles. The van der Waals surface area contributed by atoms with Gasteiger partial charge in [-0.05, 0) is 35.7 Å². The van der Waals surface area contributed by atoms with Gasteiger partial charge in [-0.3, -0.25) is 0 Å². The molecule has 1 heterocycles. The number of methoxy groups -OCH3 is 1. The number of hydrogen-bond acceptors (Lipinski definition) is 5. The van der Waals surface area contributed by atoms with Crippen molar-refractivity contribution in [3.63, 3.8) is 0 Å². The molecule has 2 aromatic carbocycles. The zero-order valence-electron chi connectivity index (χ0n) is 15.4. The van der Waals surface area contributed by atoms with Crippen molar-refractivity contribution in [2.45, 2.75) is 26.3 Å². The third-order valence-corrected chi connectivity index (χ3v) is 4.14. The van der Waals surface area contributed by atoms with Crippen molar-refractivity contribution >= 4 is 17.5 Å². The van der Waals surface area contributed by atoms with E-state index in [1.807, 2.05) is 42.5 Å². The molecular formula is C21H24N4O. The van der Waals surface area contributed by atoms with Gasteiger partial charge in [0.15, 0.2) is 0 Å². The zero-order chi connectivity index (χ0) is 18.4. The van der Waals surface area contributed by atoms with Gasteiger partial charge in [-0.15, -0.1) is 0 Å². The molecule has 5 heteroatoms. The number of ether oxygens (including phenoxy) is 1. The van der Waals surface area contributed by atoms with Crippen LogP contribution in [-0.2, 0) is 6.54 Å². The maximum Gasteiger partial charge on any atom is 0.229 e. The van der Waals surface area contributed by atoms with Gasteiger partial charge in [0.25, 0.3) is 0 Å². The van der Waals surface area contributed by atoms with Gasteiger partial charge in [-0.25, -0.2) is 4.98 Å². The molecule has 1 aromatic heterocycles. The first-order valence-corrected chi connectivity index (χ1v) is 8.71. The fourth-order valence-corrected chi connectivity index (χ4v) is 2.63. The van der Waals surface area contributed by atoms with E-state index < -0.39 is 0 Å². The summed E-state index contributed by atoms with van der Waals surface area (Å²) in [6, 6.07) is 18.1. The van der Waals surface area contributed by atoms with Gasteiger partial charge >= 0.3 is 0 Å². The summed E-state index contributed by atoms with van der Waals surface area (Å²) in [6.45, 7) is 4.99. The molecule has 3 rings (SSSR count). The van der Waals surface area contributed by atoms with Crippen LogP contribution in [0.5, 0.6) is 5.75 Å². The van der Waals surface area contributed by atoms with E-state index in [0.717, 1.165) is 22.8 Å². The Bertz CT molecular complexity index is 847. The van der Waals surface area contributed by atoms with Gasteiger partial charge in [0.05, 0.1) is 7.11 Å². The predicted molar refractivity (Wildman–Crippen MR) is 106 cm³/mol. The molecule has 0 amide bonds. The minimum Gasteiger partial charge on any atom is -0.496 e. The van der Waals surface area contributed by atoms with Crippen LogP contribution in [0, 0.1) is 0 Å². The first-order valence-electron chi connectivity index (χ1n) is 8.71. The first kappa shape index (κ1) is 17.7. The third kappa shape index (κ3) is 4.51. The van der Waals surface area contributed by atoms with Gasteiger partial charge in [-0.2, -0.15) is 4.98 Å². The summed E-state index contributed by atoms with van der Waals surface area (Å²) in [4.78, 5) is 8.82. The van der Waals surface area contributed by atoms with Crippen molar-refractivity contribution in [3.05, 3.63) is 71.9 Å². The second kappa shape index (κ2) is 8.34. The summed E-state index contributed by atoms with van der Waals surface area (Å²) in [5, 5.41) is 6.56. The molecule has 0 atom stereocenters. The average Bonchev–Trinajstić information content (AvgIpc) is 2.67. The molecule has 3 aromatic rings. The largest absolute Gasteiger partial charge is 0.496 e. The monoisotopic (exact) mass is 348 g/mol.